The summed E-state index contributed by atoms with van der Waals surface area (Å²) < 4.78 is 27.2. The number of nitrogens with zero attached hydrogens (tertiary/aromatic N) is 1. The Morgan fingerprint density at radius 2 is 2.20 bits per heavy atom. The number of nitrogens with two attached hydrogens (primary N) is 1. The largest absolute Gasteiger partial charge is 0.310 e. The minimum atomic E-state index is -3.77. The number of rotatable bonds is 6. The van der Waals surface area contributed by atoms with Gasteiger partial charge in [-0.3, -0.25) is 10.1 Å². The third-order valence-corrected chi connectivity index (χ3v) is 6.73. The lowest BCUT2D eigenvalue weighted by atomic mass is 9.76. The molecule has 1 aliphatic rings. The highest BCUT2D eigenvalue weighted by Crippen LogP contribution is 2.39. The van der Waals surface area contributed by atoms with E-state index >= 15 is 0 Å². The quantitative estimate of drug-likeness (QED) is 0.414. The zero-order valence-electron chi connectivity index (χ0n) is 10.9. The molecule has 0 radical (unpaired) electrons. The zero-order valence-corrected chi connectivity index (χ0v) is 12.5. The van der Waals surface area contributed by atoms with E-state index in [0.29, 0.717) is 6.42 Å². The molecule has 0 spiro atoms. The van der Waals surface area contributed by atoms with E-state index < -0.39 is 20.5 Å². The first-order valence-corrected chi connectivity index (χ1v) is 8.42. The molecule has 1 heterocycles. The Hall–Kier alpha value is -1.23. The van der Waals surface area contributed by atoms with Gasteiger partial charge in [0, 0.05) is 11.6 Å². The smallest absolute Gasteiger partial charge is 0.306 e. The molecule has 10 heteroatoms. The first-order valence-electron chi connectivity index (χ1n) is 6.12. The summed E-state index contributed by atoms with van der Waals surface area (Å²) in [5.41, 5.74) is 1.41. The van der Waals surface area contributed by atoms with Gasteiger partial charge in [0.25, 0.3) is 10.0 Å². The third kappa shape index (κ3) is 2.64. The number of thiophene rings is 1. The van der Waals surface area contributed by atoms with Gasteiger partial charge in [-0.2, -0.15) is 0 Å². The molecule has 0 amide bonds. The second-order valence-electron chi connectivity index (χ2n) is 4.77. The first-order chi connectivity index (χ1) is 9.33. The molecule has 0 aliphatic heterocycles. The highest BCUT2D eigenvalue weighted by molar-refractivity contribution is 7.91. The summed E-state index contributed by atoms with van der Waals surface area (Å²) in [6.07, 6.45) is 3.26. The van der Waals surface area contributed by atoms with Crippen molar-refractivity contribution in [3.8, 4) is 0 Å². The van der Waals surface area contributed by atoms with Crippen LogP contribution in [0.3, 0.4) is 0 Å². The third-order valence-electron chi connectivity index (χ3n) is 3.62. The number of anilines is 1. The van der Waals surface area contributed by atoms with E-state index in [-0.39, 0.29) is 14.9 Å². The van der Waals surface area contributed by atoms with Crippen LogP contribution in [0.4, 0.5) is 10.7 Å². The molecule has 2 rings (SSSR count). The van der Waals surface area contributed by atoms with Crippen molar-refractivity contribution < 1.29 is 13.3 Å². The summed E-state index contributed by atoms with van der Waals surface area (Å²) in [5.74, 6) is 5.18. The minimum Gasteiger partial charge on any atom is -0.310 e. The van der Waals surface area contributed by atoms with Crippen molar-refractivity contribution in [1.29, 1.82) is 0 Å². The molecule has 20 heavy (non-hydrogen) atoms. The van der Waals surface area contributed by atoms with Crippen LogP contribution in [0.5, 0.6) is 0 Å². The maximum absolute atomic E-state index is 12.3. The van der Waals surface area contributed by atoms with Crippen LogP contribution in [0.25, 0.3) is 0 Å². The molecule has 0 saturated heterocycles. The van der Waals surface area contributed by atoms with E-state index in [1.54, 1.807) is 0 Å². The van der Waals surface area contributed by atoms with Crippen molar-refractivity contribution in [1.82, 2.24) is 4.72 Å². The van der Waals surface area contributed by atoms with Crippen LogP contribution in [0.15, 0.2) is 10.3 Å². The Labute approximate surface area is 120 Å². The molecule has 4 N–H and O–H groups in total. The molecule has 1 fully saturated rings. The summed E-state index contributed by atoms with van der Waals surface area (Å²) in [7, 11) is -3.77. The molecule has 0 atom stereocenters. The molecule has 8 nitrogen and oxygen atoms in total. The van der Waals surface area contributed by atoms with Crippen LogP contribution in [-0.2, 0) is 10.0 Å². The molecule has 0 bridgehead atoms. The molecule has 1 aromatic rings. The van der Waals surface area contributed by atoms with E-state index in [0.717, 1.165) is 36.7 Å². The SMILES string of the molecule is CCC1(NS(=O)(=O)c2cc([N+](=O)[O-])c(NN)s2)CCC1. The van der Waals surface area contributed by atoms with Crippen LogP contribution >= 0.6 is 11.3 Å². The molecule has 0 unspecified atom stereocenters. The lowest BCUT2D eigenvalue weighted by Gasteiger charge is -2.41. The van der Waals surface area contributed by atoms with E-state index in [1.165, 1.54) is 0 Å². The Balaban J connectivity index is 2.32. The number of hydrogen-bond donors (Lipinski definition) is 3. The van der Waals surface area contributed by atoms with Crippen LogP contribution < -0.4 is 16.0 Å². The van der Waals surface area contributed by atoms with Crippen LogP contribution in [0.2, 0.25) is 0 Å². The van der Waals surface area contributed by atoms with Crippen molar-refractivity contribution >= 4 is 32.0 Å². The Kier molecular flexibility index (Phi) is 4.00. The maximum Gasteiger partial charge on any atom is 0.306 e. The van der Waals surface area contributed by atoms with Crippen molar-refractivity contribution in [2.24, 2.45) is 5.84 Å². The number of nitrogen functional groups attached to an aromatic ring is 1. The van der Waals surface area contributed by atoms with E-state index in [2.05, 4.69) is 10.1 Å². The Bertz CT molecular complexity index is 616. The molecular formula is C10H16N4O4S2. The highest BCUT2D eigenvalue weighted by atomic mass is 32.2. The van der Waals surface area contributed by atoms with Crippen LogP contribution in [0.1, 0.15) is 32.6 Å². The second-order valence-corrected chi connectivity index (χ2v) is 7.74. The maximum atomic E-state index is 12.3. The first kappa shape index (κ1) is 15.2. The molecule has 112 valence electrons. The van der Waals surface area contributed by atoms with Gasteiger partial charge in [-0.25, -0.2) is 19.0 Å². The van der Waals surface area contributed by atoms with Gasteiger partial charge in [0.1, 0.15) is 4.21 Å². The molecular weight excluding hydrogens is 304 g/mol. The van der Waals surface area contributed by atoms with Gasteiger partial charge in [-0.15, -0.1) is 0 Å². The molecule has 1 saturated carbocycles. The zero-order chi connectivity index (χ0) is 15.0. The topological polar surface area (TPSA) is 127 Å². The number of hydrazine groups is 1. The standard InChI is InChI=1S/C10H16N4O4S2/c1-2-10(4-3-5-10)13-20(17,18)8-6-7(14(15)16)9(12-11)19-8/h6,12-13H,2-5,11H2,1H3. The summed E-state index contributed by atoms with van der Waals surface area (Å²) in [6.45, 7) is 1.92. The molecule has 1 aromatic heterocycles. The lowest BCUT2D eigenvalue weighted by molar-refractivity contribution is -0.383. The van der Waals surface area contributed by atoms with Gasteiger partial charge in [0.15, 0.2) is 5.00 Å². The average molecular weight is 320 g/mol. The summed E-state index contributed by atoms with van der Waals surface area (Å²) in [6, 6.07) is 1.03. The van der Waals surface area contributed by atoms with Crippen molar-refractivity contribution in [3.63, 3.8) is 0 Å². The fourth-order valence-corrected chi connectivity index (χ4v) is 4.97. The summed E-state index contributed by atoms with van der Waals surface area (Å²) in [4.78, 5) is 10.2. The fraction of sp³-hybridized carbons (Fsp3) is 0.600. The summed E-state index contributed by atoms with van der Waals surface area (Å²) in [5, 5.41) is 10.9. The van der Waals surface area contributed by atoms with Gasteiger partial charge in [-0.1, -0.05) is 18.3 Å². The van der Waals surface area contributed by atoms with Gasteiger partial charge < -0.3 is 5.43 Å². The number of nitro groups is 1. The Morgan fingerprint density at radius 3 is 2.55 bits per heavy atom. The minimum absolute atomic E-state index is 0.0227. The van der Waals surface area contributed by atoms with Crippen molar-refractivity contribution in [2.75, 3.05) is 5.43 Å². The van der Waals surface area contributed by atoms with Gasteiger partial charge in [0.05, 0.1) is 4.92 Å². The average Bonchev–Trinajstić information content (AvgIpc) is 2.79. The van der Waals surface area contributed by atoms with Crippen molar-refractivity contribution in [3.05, 3.63) is 16.2 Å². The van der Waals surface area contributed by atoms with Gasteiger partial charge in [-0.05, 0) is 25.7 Å². The van der Waals surface area contributed by atoms with Gasteiger partial charge in [0.2, 0.25) is 0 Å². The Morgan fingerprint density at radius 1 is 1.55 bits per heavy atom. The van der Waals surface area contributed by atoms with E-state index in [1.807, 2.05) is 6.92 Å². The highest BCUT2D eigenvalue weighted by Gasteiger charge is 2.40. The van der Waals surface area contributed by atoms with E-state index in [4.69, 9.17) is 5.84 Å². The predicted octanol–water partition coefficient (Wildman–Crippen LogP) is 1.55. The number of nitrogens with one attached hydrogen (secondary N) is 2. The monoisotopic (exact) mass is 320 g/mol. The summed E-state index contributed by atoms with van der Waals surface area (Å²) >= 11 is 0.752. The lowest BCUT2D eigenvalue weighted by Crippen LogP contribution is -2.52. The van der Waals surface area contributed by atoms with Crippen LogP contribution in [0, 0.1) is 10.1 Å². The molecule has 1 aliphatic carbocycles. The molecule has 0 aromatic carbocycles. The number of hydrogen-bond acceptors (Lipinski definition) is 7. The second kappa shape index (κ2) is 5.28. The number of sulfonamides is 1. The van der Waals surface area contributed by atoms with Gasteiger partial charge >= 0.3 is 5.69 Å². The van der Waals surface area contributed by atoms with Crippen LogP contribution in [-0.4, -0.2) is 18.9 Å². The predicted molar refractivity (Wildman–Crippen MR) is 76.0 cm³/mol. The van der Waals surface area contributed by atoms with E-state index in [9.17, 15) is 18.5 Å². The normalized spacial score (nSPS) is 17.5. The van der Waals surface area contributed by atoms with Crippen molar-refractivity contribution in [2.45, 2.75) is 42.4 Å². The fourth-order valence-electron chi connectivity index (χ4n) is 2.20.